The second-order valence-electron chi connectivity index (χ2n) is 10.8. The van der Waals surface area contributed by atoms with E-state index < -0.39 is 6.36 Å². The maximum atomic E-state index is 13.1. The number of carbonyl (C=O) groups excluding carboxylic acids is 1. The van der Waals surface area contributed by atoms with Crippen molar-refractivity contribution in [3.05, 3.63) is 59.4 Å². The second-order valence-corrected chi connectivity index (χ2v) is 11.8. The monoisotopic (exact) mass is 601 g/mol. The maximum Gasteiger partial charge on any atom is 0.573 e. The first-order valence-corrected chi connectivity index (χ1v) is 14.7. The highest BCUT2D eigenvalue weighted by molar-refractivity contribution is 7.22. The van der Waals surface area contributed by atoms with Crippen LogP contribution in [0.25, 0.3) is 21.5 Å². The molecule has 0 unspecified atom stereocenters. The molecule has 0 spiro atoms. The molecular weight excluding hydrogens is 571 g/mol. The molecular formula is C30H30F3N3O5S. The molecule has 0 amide bonds. The highest BCUT2D eigenvalue weighted by Gasteiger charge is 2.46. The van der Waals surface area contributed by atoms with Gasteiger partial charge in [0.1, 0.15) is 17.2 Å². The Morgan fingerprint density at radius 3 is 2.64 bits per heavy atom. The van der Waals surface area contributed by atoms with E-state index in [1.54, 1.807) is 25.1 Å². The number of carbonyl (C=O) groups is 1. The number of anilines is 1. The van der Waals surface area contributed by atoms with Gasteiger partial charge < -0.3 is 23.6 Å². The van der Waals surface area contributed by atoms with Crippen molar-refractivity contribution in [2.75, 3.05) is 24.6 Å². The summed E-state index contributed by atoms with van der Waals surface area (Å²) in [5.74, 6) is -0.0162. The van der Waals surface area contributed by atoms with E-state index >= 15 is 0 Å². The molecule has 2 aromatic carbocycles. The van der Waals surface area contributed by atoms with Gasteiger partial charge in [-0.3, -0.25) is 0 Å². The molecule has 2 aromatic heterocycles. The average molecular weight is 602 g/mol. The Kier molecular flexibility index (Phi) is 7.61. The molecule has 1 aliphatic heterocycles. The van der Waals surface area contributed by atoms with Crippen molar-refractivity contribution >= 4 is 32.7 Å². The third kappa shape index (κ3) is 5.96. The first kappa shape index (κ1) is 28.5. The average Bonchev–Trinajstić information content (AvgIpc) is 3.37. The van der Waals surface area contributed by atoms with E-state index in [1.165, 1.54) is 23.5 Å². The normalized spacial score (nSPS) is 17.0. The van der Waals surface area contributed by atoms with Gasteiger partial charge in [0.25, 0.3) is 0 Å². The lowest BCUT2D eigenvalue weighted by Gasteiger charge is -2.31. The van der Waals surface area contributed by atoms with Gasteiger partial charge in [0.2, 0.25) is 0 Å². The number of benzene rings is 2. The van der Waals surface area contributed by atoms with E-state index in [2.05, 4.69) is 21.7 Å². The summed E-state index contributed by atoms with van der Waals surface area (Å²) in [6.07, 6.45) is -1.54. The summed E-state index contributed by atoms with van der Waals surface area (Å²) >= 11 is 1.54. The molecule has 1 aliphatic carbocycles. The van der Waals surface area contributed by atoms with Gasteiger partial charge in [0.05, 0.1) is 35.1 Å². The number of rotatable bonds is 9. The molecule has 12 heteroatoms. The van der Waals surface area contributed by atoms with E-state index in [1.807, 2.05) is 12.1 Å². The summed E-state index contributed by atoms with van der Waals surface area (Å²) < 4.78 is 61.7. The number of thiazole rings is 1. The fraction of sp³-hybridized carbons (Fsp3) is 0.433. The van der Waals surface area contributed by atoms with Crippen LogP contribution in [0.4, 0.5) is 18.3 Å². The summed E-state index contributed by atoms with van der Waals surface area (Å²) in [5.41, 5.74) is 2.33. The number of halogens is 3. The molecule has 0 bridgehead atoms. The standard InChI is InChI=1S/C30H30F3N3O5S/c1-3-38-27(37)18-8-9-22-24(16-18)42-28(34-22)36-14-10-19(11-15-36)39-17-21-25(35-41-26(21)29(2)12-13-29)20-6-4-5-7-23(20)40-30(31,32)33/h4-9,16,19H,3,10-15,17H2,1-2H3. The Bertz CT molecular complexity index is 1590. The third-order valence-corrected chi connectivity index (χ3v) is 8.85. The van der Waals surface area contributed by atoms with E-state index in [9.17, 15) is 18.0 Å². The lowest BCUT2D eigenvalue weighted by molar-refractivity contribution is -0.274. The number of ether oxygens (including phenoxy) is 3. The number of alkyl halides is 3. The number of hydrogen-bond acceptors (Lipinski definition) is 9. The minimum atomic E-state index is -4.83. The predicted octanol–water partition coefficient (Wildman–Crippen LogP) is 7.26. The quantitative estimate of drug-likeness (QED) is 0.185. The lowest BCUT2D eigenvalue weighted by Crippen LogP contribution is -2.37. The molecule has 0 atom stereocenters. The molecule has 1 saturated carbocycles. The van der Waals surface area contributed by atoms with Gasteiger partial charge in [0.15, 0.2) is 5.13 Å². The van der Waals surface area contributed by atoms with Crippen molar-refractivity contribution in [3.8, 4) is 17.0 Å². The van der Waals surface area contributed by atoms with E-state index in [0.717, 1.165) is 54.1 Å². The Balaban J connectivity index is 1.15. The van der Waals surface area contributed by atoms with E-state index in [-0.39, 0.29) is 35.4 Å². The first-order valence-electron chi connectivity index (χ1n) is 13.9. The van der Waals surface area contributed by atoms with Crippen LogP contribution in [0, 0.1) is 0 Å². The van der Waals surface area contributed by atoms with Crippen LogP contribution in [0.3, 0.4) is 0 Å². The molecule has 1 saturated heterocycles. The van der Waals surface area contributed by atoms with Crippen LogP contribution < -0.4 is 9.64 Å². The van der Waals surface area contributed by atoms with E-state index in [4.69, 9.17) is 19.0 Å². The van der Waals surface area contributed by atoms with Crippen molar-refractivity contribution < 1.29 is 36.7 Å². The van der Waals surface area contributed by atoms with Crippen molar-refractivity contribution in [2.24, 2.45) is 0 Å². The van der Waals surface area contributed by atoms with Gasteiger partial charge in [-0.15, -0.1) is 13.2 Å². The Hall–Kier alpha value is -3.64. The van der Waals surface area contributed by atoms with Crippen molar-refractivity contribution in [3.63, 3.8) is 0 Å². The van der Waals surface area contributed by atoms with Crippen LogP contribution in [0.2, 0.25) is 0 Å². The largest absolute Gasteiger partial charge is 0.573 e. The molecule has 2 aliphatic rings. The van der Waals surface area contributed by atoms with Gasteiger partial charge in [-0.05, 0) is 62.9 Å². The molecule has 0 radical (unpaired) electrons. The number of aromatic nitrogens is 2. The Morgan fingerprint density at radius 2 is 1.93 bits per heavy atom. The fourth-order valence-electron chi connectivity index (χ4n) is 5.22. The number of nitrogens with zero attached hydrogens (tertiary/aromatic N) is 3. The molecule has 42 heavy (non-hydrogen) atoms. The summed E-state index contributed by atoms with van der Waals surface area (Å²) in [6.45, 7) is 5.80. The zero-order valence-corrected chi connectivity index (χ0v) is 24.0. The molecule has 3 heterocycles. The van der Waals surface area contributed by atoms with Crippen LogP contribution >= 0.6 is 11.3 Å². The van der Waals surface area contributed by atoms with Crippen molar-refractivity contribution in [1.29, 1.82) is 0 Å². The molecule has 222 valence electrons. The van der Waals surface area contributed by atoms with Crippen LogP contribution in [0.5, 0.6) is 5.75 Å². The summed E-state index contributed by atoms with van der Waals surface area (Å²) in [6, 6.07) is 11.3. The highest BCUT2D eigenvalue weighted by Crippen LogP contribution is 2.51. The predicted molar refractivity (Wildman–Crippen MR) is 151 cm³/mol. The summed E-state index contributed by atoms with van der Waals surface area (Å²) in [4.78, 5) is 19.1. The van der Waals surface area contributed by atoms with Crippen molar-refractivity contribution in [2.45, 2.75) is 64.0 Å². The molecule has 2 fully saturated rings. The zero-order valence-electron chi connectivity index (χ0n) is 23.2. The smallest absolute Gasteiger partial charge is 0.462 e. The molecule has 0 N–H and O–H groups in total. The van der Waals surface area contributed by atoms with Crippen molar-refractivity contribution in [1.82, 2.24) is 10.1 Å². The SMILES string of the molecule is CCOC(=O)c1ccc2nc(N3CCC(OCc4c(-c5ccccc5OC(F)(F)F)noc4C4(C)CC4)CC3)sc2c1. The second kappa shape index (κ2) is 11.2. The maximum absolute atomic E-state index is 13.1. The van der Waals surface area contributed by atoms with Crippen LogP contribution in [0.1, 0.15) is 61.2 Å². The topological polar surface area (TPSA) is 86.9 Å². The third-order valence-electron chi connectivity index (χ3n) is 7.77. The number of fused-ring (bicyclic) bond motifs is 1. The van der Waals surface area contributed by atoms with Gasteiger partial charge in [-0.25, -0.2) is 9.78 Å². The van der Waals surface area contributed by atoms with Gasteiger partial charge >= 0.3 is 12.3 Å². The molecule has 6 rings (SSSR count). The minimum Gasteiger partial charge on any atom is -0.462 e. The number of hydrogen-bond donors (Lipinski definition) is 0. The van der Waals surface area contributed by atoms with Gasteiger partial charge in [-0.2, -0.15) is 0 Å². The van der Waals surface area contributed by atoms with Crippen LogP contribution in [-0.4, -0.2) is 48.3 Å². The van der Waals surface area contributed by atoms with Crippen LogP contribution in [0.15, 0.2) is 47.0 Å². The van der Waals surface area contributed by atoms with E-state index in [0.29, 0.717) is 29.2 Å². The van der Waals surface area contributed by atoms with Gasteiger partial charge in [-0.1, -0.05) is 35.5 Å². The highest BCUT2D eigenvalue weighted by atomic mass is 32.1. The number of para-hydroxylation sites is 1. The number of esters is 1. The summed E-state index contributed by atoms with van der Waals surface area (Å²) in [7, 11) is 0. The first-order chi connectivity index (χ1) is 20.1. The minimum absolute atomic E-state index is 0.0460. The van der Waals surface area contributed by atoms with Gasteiger partial charge in [0, 0.05) is 29.6 Å². The molecule has 8 nitrogen and oxygen atoms in total. The lowest BCUT2D eigenvalue weighted by atomic mass is 9.98. The Morgan fingerprint density at radius 1 is 1.17 bits per heavy atom. The Labute approximate surface area is 244 Å². The van der Waals surface area contributed by atoms with Crippen LogP contribution in [-0.2, 0) is 21.5 Å². The zero-order chi connectivity index (χ0) is 29.5. The molecule has 4 aromatic rings. The summed E-state index contributed by atoms with van der Waals surface area (Å²) in [5, 5.41) is 5.09. The fourth-order valence-corrected chi connectivity index (χ4v) is 6.28. The number of piperidine rings is 1.